The number of ether oxygens (including phenoxy) is 2. The van der Waals surface area contributed by atoms with Crippen molar-refractivity contribution in [1.82, 2.24) is 5.43 Å². The van der Waals surface area contributed by atoms with E-state index in [4.69, 9.17) is 15.3 Å². The Morgan fingerprint density at radius 3 is 2.44 bits per heavy atom. The average molecular weight is 466 g/mol. The van der Waals surface area contributed by atoms with Crippen molar-refractivity contribution < 1.29 is 31.9 Å². The highest BCUT2D eigenvalue weighted by Crippen LogP contribution is 2.39. The van der Waals surface area contributed by atoms with E-state index in [2.05, 4.69) is 5.32 Å². The standard InChI is InChI=1S/C20H23FN4O6S/c1-20(2,3)31-19(27)23-13-6-9-16-15(10-13)25(11-17(30-16)18(26)24-22)32(28,29)14-7-4-12(21)5-8-14/h4-10,17H,11,22H2,1-3H3,(H,23,27)(H,24,26). The Labute approximate surface area is 184 Å². The van der Waals surface area contributed by atoms with Crippen molar-refractivity contribution in [2.75, 3.05) is 16.2 Å². The molecule has 4 N–H and O–H groups in total. The predicted molar refractivity (Wildman–Crippen MR) is 114 cm³/mol. The first-order valence-electron chi connectivity index (χ1n) is 9.50. The number of hydrogen-bond acceptors (Lipinski definition) is 7. The number of hydrogen-bond donors (Lipinski definition) is 3. The summed E-state index contributed by atoms with van der Waals surface area (Å²) >= 11 is 0. The van der Waals surface area contributed by atoms with Gasteiger partial charge in [-0.15, -0.1) is 0 Å². The fourth-order valence-electron chi connectivity index (χ4n) is 2.94. The number of amides is 2. The van der Waals surface area contributed by atoms with Gasteiger partial charge in [-0.3, -0.25) is 19.8 Å². The van der Waals surface area contributed by atoms with Crippen LogP contribution in [0, 0.1) is 5.82 Å². The smallest absolute Gasteiger partial charge is 0.412 e. The fraction of sp³-hybridized carbons (Fsp3) is 0.300. The molecule has 2 amide bonds. The summed E-state index contributed by atoms with van der Waals surface area (Å²) in [6, 6.07) is 8.50. The van der Waals surface area contributed by atoms with E-state index in [-0.39, 0.29) is 22.0 Å². The van der Waals surface area contributed by atoms with Gasteiger partial charge >= 0.3 is 6.09 Å². The van der Waals surface area contributed by atoms with E-state index in [1.807, 2.05) is 5.43 Å². The van der Waals surface area contributed by atoms with Crippen molar-refractivity contribution in [3.05, 3.63) is 48.3 Å². The number of fused-ring (bicyclic) bond motifs is 1. The summed E-state index contributed by atoms with van der Waals surface area (Å²) in [5.74, 6) is 3.93. The molecule has 0 spiro atoms. The molecule has 2 aromatic carbocycles. The summed E-state index contributed by atoms with van der Waals surface area (Å²) in [7, 11) is -4.22. The Balaban J connectivity index is 2.02. The Kier molecular flexibility index (Phi) is 6.28. The molecular weight excluding hydrogens is 443 g/mol. The van der Waals surface area contributed by atoms with Crippen molar-refractivity contribution in [2.24, 2.45) is 5.84 Å². The van der Waals surface area contributed by atoms with E-state index in [0.29, 0.717) is 0 Å². The maximum Gasteiger partial charge on any atom is 0.412 e. The quantitative estimate of drug-likeness (QED) is 0.356. The molecule has 0 radical (unpaired) electrons. The molecule has 1 aliphatic rings. The van der Waals surface area contributed by atoms with Gasteiger partial charge in [-0.2, -0.15) is 0 Å². The zero-order valence-electron chi connectivity index (χ0n) is 17.6. The van der Waals surface area contributed by atoms with E-state index in [0.717, 1.165) is 28.6 Å². The van der Waals surface area contributed by atoms with E-state index in [1.54, 1.807) is 20.8 Å². The second-order valence-electron chi connectivity index (χ2n) is 7.91. The molecule has 2 aromatic rings. The first-order valence-corrected chi connectivity index (χ1v) is 10.9. The van der Waals surface area contributed by atoms with Crippen LogP contribution < -0.4 is 25.6 Å². The maximum atomic E-state index is 13.3. The number of carbonyl (C=O) groups excluding carboxylic acids is 2. The normalized spacial score (nSPS) is 15.9. The van der Waals surface area contributed by atoms with Gasteiger partial charge in [0.05, 0.1) is 17.1 Å². The number of hydrazine groups is 1. The largest absolute Gasteiger partial charge is 0.476 e. The fourth-order valence-corrected chi connectivity index (χ4v) is 4.41. The minimum Gasteiger partial charge on any atom is -0.476 e. The zero-order chi connectivity index (χ0) is 23.7. The number of anilines is 2. The molecule has 0 fully saturated rings. The Morgan fingerprint density at radius 1 is 1.19 bits per heavy atom. The van der Waals surface area contributed by atoms with Crippen LogP contribution in [0.15, 0.2) is 47.4 Å². The van der Waals surface area contributed by atoms with Gasteiger partial charge < -0.3 is 9.47 Å². The highest BCUT2D eigenvalue weighted by molar-refractivity contribution is 7.92. The topological polar surface area (TPSA) is 140 Å². The number of nitrogens with two attached hydrogens (primary N) is 1. The summed E-state index contributed by atoms with van der Waals surface area (Å²) in [6.45, 7) is 4.71. The van der Waals surface area contributed by atoms with Gasteiger partial charge in [0, 0.05) is 5.69 Å². The lowest BCUT2D eigenvalue weighted by Crippen LogP contribution is -2.52. The molecule has 0 aromatic heterocycles. The molecule has 0 saturated carbocycles. The van der Waals surface area contributed by atoms with Gasteiger partial charge in [-0.05, 0) is 63.2 Å². The summed E-state index contributed by atoms with van der Waals surface area (Å²) in [5.41, 5.74) is 1.51. The Hall–Kier alpha value is -3.38. The van der Waals surface area contributed by atoms with E-state index in [9.17, 15) is 22.4 Å². The average Bonchev–Trinajstić information content (AvgIpc) is 2.71. The molecule has 1 aliphatic heterocycles. The molecule has 1 heterocycles. The molecule has 32 heavy (non-hydrogen) atoms. The lowest BCUT2D eigenvalue weighted by molar-refractivity contribution is -0.127. The minimum atomic E-state index is -4.22. The lowest BCUT2D eigenvalue weighted by atomic mass is 10.2. The second kappa shape index (κ2) is 8.63. The number of benzene rings is 2. The van der Waals surface area contributed by atoms with Crippen molar-refractivity contribution in [3.8, 4) is 5.75 Å². The van der Waals surface area contributed by atoms with E-state index < -0.39 is 46.1 Å². The van der Waals surface area contributed by atoms with Crippen LogP contribution in [0.25, 0.3) is 0 Å². The van der Waals surface area contributed by atoms with Gasteiger partial charge in [0.2, 0.25) is 0 Å². The highest BCUT2D eigenvalue weighted by atomic mass is 32.2. The third-order valence-electron chi connectivity index (χ3n) is 4.31. The minimum absolute atomic E-state index is 0.0731. The van der Waals surface area contributed by atoms with Gasteiger partial charge in [-0.25, -0.2) is 23.4 Å². The summed E-state index contributed by atoms with van der Waals surface area (Å²) in [6.07, 6.45) is -1.96. The second-order valence-corrected chi connectivity index (χ2v) is 9.78. The van der Waals surface area contributed by atoms with Gasteiger partial charge in [-0.1, -0.05) is 0 Å². The van der Waals surface area contributed by atoms with Crippen LogP contribution in [0.2, 0.25) is 0 Å². The highest BCUT2D eigenvalue weighted by Gasteiger charge is 2.37. The number of sulfonamides is 1. The van der Waals surface area contributed by atoms with Crippen LogP contribution >= 0.6 is 0 Å². The van der Waals surface area contributed by atoms with Crippen LogP contribution in [-0.2, 0) is 19.6 Å². The summed E-state index contributed by atoms with van der Waals surface area (Å²) in [4.78, 5) is 24.0. The van der Waals surface area contributed by atoms with E-state index >= 15 is 0 Å². The molecule has 172 valence electrons. The van der Waals surface area contributed by atoms with E-state index in [1.165, 1.54) is 18.2 Å². The molecule has 12 heteroatoms. The molecule has 0 aliphatic carbocycles. The number of nitrogens with one attached hydrogen (secondary N) is 2. The van der Waals surface area contributed by atoms with Crippen molar-refractivity contribution in [2.45, 2.75) is 37.4 Å². The monoisotopic (exact) mass is 466 g/mol. The molecule has 0 saturated heterocycles. The molecule has 0 bridgehead atoms. The number of rotatable bonds is 4. The van der Waals surface area contributed by atoms with Gasteiger partial charge in [0.15, 0.2) is 6.10 Å². The van der Waals surface area contributed by atoms with Crippen LogP contribution in [0.3, 0.4) is 0 Å². The molecule has 1 atom stereocenters. The van der Waals surface area contributed by atoms with Gasteiger partial charge in [0.1, 0.15) is 17.2 Å². The van der Waals surface area contributed by atoms with Crippen molar-refractivity contribution in [3.63, 3.8) is 0 Å². The molecule has 1 unspecified atom stereocenters. The molecule has 10 nitrogen and oxygen atoms in total. The molecule has 3 rings (SSSR count). The van der Waals surface area contributed by atoms with Crippen LogP contribution in [0.1, 0.15) is 20.8 Å². The first-order chi connectivity index (χ1) is 14.9. The molecular formula is C20H23FN4O6S. The van der Waals surface area contributed by atoms with Crippen LogP contribution in [-0.4, -0.2) is 38.7 Å². The number of nitrogens with zero attached hydrogens (tertiary/aromatic N) is 1. The predicted octanol–water partition coefficient (Wildman–Crippen LogP) is 2.12. The summed E-state index contributed by atoms with van der Waals surface area (Å²) < 4.78 is 51.7. The first kappa shape index (κ1) is 23.3. The third-order valence-corrected chi connectivity index (χ3v) is 6.10. The number of halogens is 1. The summed E-state index contributed by atoms with van der Waals surface area (Å²) in [5, 5.41) is 2.53. The Morgan fingerprint density at radius 2 is 1.84 bits per heavy atom. The van der Waals surface area contributed by atoms with Crippen LogP contribution in [0.4, 0.5) is 20.6 Å². The lowest BCUT2D eigenvalue weighted by Gasteiger charge is -2.34. The zero-order valence-corrected chi connectivity index (χ0v) is 18.4. The van der Waals surface area contributed by atoms with Crippen LogP contribution in [0.5, 0.6) is 5.75 Å². The third kappa shape index (κ3) is 5.08. The number of carbonyl (C=O) groups is 2. The maximum absolute atomic E-state index is 13.3. The Bertz CT molecular complexity index is 1130. The van der Waals surface area contributed by atoms with Gasteiger partial charge in [0.25, 0.3) is 15.9 Å². The van der Waals surface area contributed by atoms with Crippen molar-refractivity contribution in [1.29, 1.82) is 0 Å². The SMILES string of the molecule is CC(C)(C)OC(=O)Nc1ccc2c(c1)N(S(=O)(=O)c1ccc(F)cc1)CC(C(=O)NN)O2. The van der Waals surface area contributed by atoms with Crippen molar-refractivity contribution >= 4 is 33.4 Å².